The molecule has 7 heteroatoms. The van der Waals surface area contributed by atoms with Gasteiger partial charge < -0.3 is 15.7 Å². The van der Waals surface area contributed by atoms with Gasteiger partial charge in [-0.3, -0.25) is 0 Å². The van der Waals surface area contributed by atoms with Gasteiger partial charge in [0.15, 0.2) is 0 Å². The van der Waals surface area contributed by atoms with Gasteiger partial charge in [-0.25, -0.2) is 9.37 Å². The van der Waals surface area contributed by atoms with E-state index in [9.17, 15) is 14.8 Å². The average molecular weight is 432 g/mol. The van der Waals surface area contributed by atoms with Crippen molar-refractivity contribution in [1.82, 2.24) is 9.97 Å². The number of hydrogen-bond donors (Lipinski definition) is 3. The highest BCUT2D eigenvalue weighted by atomic mass is 19.1. The van der Waals surface area contributed by atoms with Crippen molar-refractivity contribution in [2.45, 2.75) is 38.8 Å². The fraction of sp³-hybridized carbons (Fsp3) is 0.320. The summed E-state index contributed by atoms with van der Waals surface area (Å²) in [6.45, 7) is 4.62. The molecule has 1 aliphatic carbocycles. The Balaban J connectivity index is 1.36. The van der Waals surface area contributed by atoms with Gasteiger partial charge in [0.05, 0.1) is 12.3 Å². The first-order chi connectivity index (χ1) is 15.4. The minimum Gasteiger partial charge on any atom is -0.392 e. The van der Waals surface area contributed by atoms with E-state index in [4.69, 9.17) is 0 Å². The lowest BCUT2D eigenvalue weighted by atomic mass is 9.64. The van der Waals surface area contributed by atoms with E-state index in [1.165, 1.54) is 18.3 Å². The number of aliphatic hydroxyl groups excluding tert-OH is 1. The lowest BCUT2D eigenvalue weighted by Crippen LogP contribution is -2.57. The van der Waals surface area contributed by atoms with Crippen LogP contribution in [-0.4, -0.2) is 33.8 Å². The van der Waals surface area contributed by atoms with Gasteiger partial charge in [-0.15, -0.1) is 0 Å². The van der Waals surface area contributed by atoms with Crippen LogP contribution in [0.15, 0.2) is 54.7 Å². The summed E-state index contributed by atoms with van der Waals surface area (Å²) in [6.07, 6.45) is 2.55. The van der Waals surface area contributed by atoms with Crippen LogP contribution in [0, 0.1) is 22.6 Å². The van der Waals surface area contributed by atoms with E-state index in [0.717, 1.165) is 23.1 Å². The van der Waals surface area contributed by atoms with Crippen molar-refractivity contribution in [3.63, 3.8) is 0 Å². The van der Waals surface area contributed by atoms with Crippen LogP contribution in [0.4, 0.5) is 16.2 Å². The fourth-order valence-corrected chi connectivity index (χ4v) is 3.80. The zero-order valence-corrected chi connectivity index (χ0v) is 18.1. The van der Waals surface area contributed by atoms with Crippen LogP contribution in [0.25, 0.3) is 11.1 Å². The van der Waals surface area contributed by atoms with Gasteiger partial charge in [0.1, 0.15) is 23.3 Å². The summed E-state index contributed by atoms with van der Waals surface area (Å²) < 4.78 is 13.1. The third kappa shape index (κ3) is 4.56. The predicted molar refractivity (Wildman–Crippen MR) is 123 cm³/mol. The summed E-state index contributed by atoms with van der Waals surface area (Å²) in [6, 6.07) is 16.8. The van der Waals surface area contributed by atoms with Crippen LogP contribution in [0.5, 0.6) is 0 Å². The van der Waals surface area contributed by atoms with E-state index in [1.807, 2.05) is 26.0 Å². The Labute approximate surface area is 187 Å². The topological polar surface area (TPSA) is 93.9 Å². The van der Waals surface area contributed by atoms with Crippen LogP contribution >= 0.6 is 0 Å². The number of halogens is 1. The molecule has 1 heterocycles. The van der Waals surface area contributed by atoms with E-state index in [2.05, 4.69) is 38.8 Å². The zero-order valence-electron chi connectivity index (χ0n) is 18.1. The molecule has 0 spiro atoms. The van der Waals surface area contributed by atoms with Gasteiger partial charge in [0, 0.05) is 18.0 Å². The van der Waals surface area contributed by atoms with Crippen LogP contribution in [0.3, 0.4) is 0 Å². The number of hydrogen-bond acceptors (Lipinski definition) is 6. The summed E-state index contributed by atoms with van der Waals surface area (Å²) in [5.41, 5.74) is 3.27. The van der Waals surface area contributed by atoms with E-state index in [0.29, 0.717) is 30.3 Å². The molecule has 1 aliphatic rings. The lowest BCUT2D eigenvalue weighted by molar-refractivity contribution is -0.0511. The fourth-order valence-electron chi connectivity index (χ4n) is 3.80. The van der Waals surface area contributed by atoms with Gasteiger partial charge >= 0.3 is 0 Å². The van der Waals surface area contributed by atoms with Crippen LogP contribution in [-0.2, 0) is 6.42 Å². The molecule has 2 aromatic carbocycles. The molecular weight excluding hydrogens is 405 g/mol. The second-order valence-corrected chi connectivity index (χ2v) is 8.72. The molecule has 1 saturated carbocycles. The van der Waals surface area contributed by atoms with Crippen molar-refractivity contribution in [1.29, 1.82) is 5.26 Å². The SMILES string of the molecule is CC1(C)[C@@H](O)C[C@H]1Nc1nc(NCCc2ccc(-c3ccc(F)cc3)cc2)ncc1C#N. The molecule has 0 aliphatic heterocycles. The van der Waals surface area contributed by atoms with Crippen molar-refractivity contribution < 1.29 is 9.50 Å². The number of nitrogens with zero attached hydrogens (tertiary/aromatic N) is 3. The van der Waals surface area contributed by atoms with E-state index >= 15 is 0 Å². The molecule has 4 rings (SSSR count). The highest BCUT2D eigenvalue weighted by Crippen LogP contribution is 2.42. The summed E-state index contributed by atoms with van der Waals surface area (Å²) in [5, 5.41) is 25.8. The smallest absolute Gasteiger partial charge is 0.224 e. The van der Waals surface area contributed by atoms with Crippen molar-refractivity contribution >= 4 is 11.8 Å². The number of aliphatic hydroxyl groups is 1. The Hall–Kier alpha value is -3.50. The molecule has 32 heavy (non-hydrogen) atoms. The first-order valence-corrected chi connectivity index (χ1v) is 10.7. The van der Waals surface area contributed by atoms with Crippen molar-refractivity contribution in [2.24, 2.45) is 5.41 Å². The Kier molecular flexibility index (Phi) is 6.06. The molecule has 0 unspecified atom stereocenters. The summed E-state index contributed by atoms with van der Waals surface area (Å²) in [7, 11) is 0. The minimum absolute atomic E-state index is 0.0481. The standard InChI is InChI=1S/C25H26FN5O/c1-25(2)21(13-22(25)32)30-23-19(14-27)15-29-24(31-23)28-12-11-16-3-5-17(6-4-16)18-7-9-20(26)10-8-18/h3-10,15,21-22,32H,11-13H2,1-2H3,(H2,28,29,30,31)/t21-,22+/m1/s1. The third-order valence-corrected chi connectivity index (χ3v) is 6.26. The molecule has 3 aromatic rings. The molecule has 0 saturated heterocycles. The molecule has 1 fully saturated rings. The van der Waals surface area contributed by atoms with Crippen LogP contribution in [0.2, 0.25) is 0 Å². The molecule has 0 radical (unpaired) electrons. The quantitative estimate of drug-likeness (QED) is 0.514. The maximum Gasteiger partial charge on any atom is 0.224 e. The molecule has 6 nitrogen and oxygen atoms in total. The number of aromatic nitrogens is 2. The first kappa shape index (κ1) is 21.7. The average Bonchev–Trinajstić information content (AvgIpc) is 2.80. The monoisotopic (exact) mass is 431 g/mol. The van der Waals surface area contributed by atoms with E-state index in [-0.39, 0.29) is 23.4 Å². The van der Waals surface area contributed by atoms with E-state index in [1.54, 1.807) is 12.1 Å². The van der Waals surface area contributed by atoms with E-state index < -0.39 is 0 Å². The number of anilines is 2. The number of nitrogens with one attached hydrogen (secondary N) is 2. The molecule has 0 bridgehead atoms. The normalized spacial score (nSPS) is 19.0. The second kappa shape index (κ2) is 8.93. The second-order valence-electron chi connectivity index (χ2n) is 8.72. The lowest BCUT2D eigenvalue weighted by Gasteiger charge is -2.49. The van der Waals surface area contributed by atoms with Crippen molar-refractivity contribution in [3.05, 3.63) is 71.7 Å². The van der Waals surface area contributed by atoms with Crippen LogP contribution < -0.4 is 10.6 Å². The zero-order chi connectivity index (χ0) is 22.7. The Bertz CT molecular complexity index is 1120. The molecule has 0 amide bonds. The Morgan fingerprint density at radius 1 is 1.12 bits per heavy atom. The maximum atomic E-state index is 13.1. The molecule has 2 atom stereocenters. The minimum atomic E-state index is -0.362. The van der Waals surface area contributed by atoms with Gasteiger partial charge in [0.2, 0.25) is 5.95 Å². The summed E-state index contributed by atoms with van der Waals surface area (Å²) in [5.74, 6) is 0.694. The largest absolute Gasteiger partial charge is 0.392 e. The Morgan fingerprint density at radius 3 is 2.38 bits per heavy atom. The highest BCUT2D eigenvalue weighted by molar-refractivity contribution is 5.63. The predicted octanol–water partition coefficient (Wildman–Crippen LogP) is 4.38. The maximum absolute atomic E-state index is 13.1. The number of nitriles is 1. The molecule has 1 aromatic heterocycles. The van der Waals surface area contributed by atoms with Crippen molar-refractivity contribution in [2.75, 3.05) is 17.2 Å². The summed E-state index contributed by atoms with van der Waals surface area (Å²) >= 11 is 0. The number of benzene rings is 2. The molecular formula is C25H26FN5O. The van der Waals surface area contributed by atoms with Gasteiger partial charge in [-0.05, 0) is 41.7 Å². The first-order valence-electron chi connectivity index (χ1n) is 10.7. The van der Waals surface area contributed by atoms with Gasteiger partial charge in [-0.1, -0.05) is 50.2 Å². The van der Waals surface area contributed by atoms with Crippen molar-refractivity contribution in [3.8, 4) is 17.2 Å². The summed E-state index contributed by atoms with van der Waals surface area (Å²) in [4.78, 5) is 8.72. The van der Waals surface area contributed by atoms with Crippen LogP contribution in [0.1, 0.15) is 31.4 Å². The van der Waals surface area contributed by atoms with Gasteiger partial charge in [-0.2, -0.15) is 10.2 Å². The molecule has 164 valence electrons. The number of rotatable bonds is 7. The van der Waals surface area contributed by atoms with Gasteiger partial charge in [0.25, 0.3) is 0 Å². The molecule has 3 N–H and O–H groups in total. The third-order valence-electron chi connectivity index (χ3n) is 6.26. The Morgan fingerprint density at radius 2 is 1.78 bits per heavy atom. The highest BCUT2D eigenvalue weighted by Gasteiger charge is 2.47.